The van der Waals surface area contributed by atoms with Gasteiger partial charge in [-0.3, -0.25) is 4.98 Å². The molecule has 1 rings (SSSR count). The van der Waals surface area contributed by atoms with Gasteiger partial charge < -0.3 is 0 Å². The zero-order valence-corrected chi connectivity index (χ0v) is 10.4. The molecule has 3 nitrogen and oxygen atoms in total. The molecule has 0 aromatic carbocycles. The van der Waals surface area contributed by atoms with Crippen molar-refractivity contribution in [2.75, 3.05) is 6.26 Å². The summed E-state index contributed by atoms with van der Waals surface area (Å²) in [7, 11) is -3.00. The maximum Gasteiger partial charge on any atom is 0.153 e. The molecule has 0 aliphatic heterocycles. The van der Waals surface area contributed by atoms with Gasteiger partial charge in [0.2, 0.25) is 0 Å². The summed E-state index contributed by atoms with van der Waals surface area (Å²) in [6, 6.07) is 3.78. The lowest BCUT2D eigenvalue weighted by molar-refractivity contribution is 0.586. The fourth-order valence-corrected chi connectivity index (χ4v) is 1.99. The normalized spacial score (nSPS) is 12.8. The van der Waals surface area contributed by atoms with Gasteiger partial charge in [0, 0.05) is 12.5 Å². The van der Waals surface area contributed by atoms with Crippen LogP contribution in [0.25, 0.3) is 0 Å². The Bertz CT molecular complexity index is 444. The summed E-state index contributed by atoms with van der Waals surface area (Å²) >= 11 is 0. The van der Waals surface area contributed by atoms with Gasteiger partial charge in [-0.25, -0.2) is 8.42 Å². The zero-order valence-electron chi connectivity index (χ0n) is 9.61. The van der Waals surface area contributed by atoms with E-state index >= 15 is 0 Å². The van der Waals surface area contributed by atoms with E-state index in [-0.39, 0.29) is 11.2 Å². The Labute approximate surface area is 91.5 Å². The number of aromatic nitrogens is 1. The predicted molar refractivity (Wildman–Crippen MR) is 61.5 cm³/mol. The second-order valence-corrected chi connectivity index (χ2v) is 7.00. The van der Waals surface area contributed by atoms with Crippen LogP contribution in [0, 0.1) is 0 Å². The van der Waals surface area contributed by atoms with Crippen LogP contribution in [0.3, 0.4) is 0 Å². The molecule has 0 radical (unpaired) electrons. The third kappa shape index (κ3) is 4.00. The molecule has 0 saturated carbocycles. The SMILES string of the molecule is CC(C)(C)c1ccnc(CS(C)(=O)=O)c1. The zero-order chi connectivity index (χ0) is 11.7. The van der Waals surface area contributed by atoms with E-state index in [1.54, 1.807) is 6.20 Å². The van der Waals surface area contributed by atoms with Crippen molar-refractivity contribution in [1.29, 1.82) is 0 Å². The minimum Gasteiger partial charge on any atom is -0.260 e. The van der Waals surface area contributed by atoms with Crippen molar-refractivity contribution >= 4 is 9.84 Å². The molecule has 0 aliphatic carbocycles. The molecular weight excluding hydrogens is 210 g/mol. The van der Waals surface area contributed by atoms with Crippen LogP contribution in [0.1, 0.15) is 32.0 Å². The van der Waals surface area contributed by atoms with Gasteiger partial charge in [0.15, 0.2) is 9.84 Å². The summed E-state index contributed by atoms with van der Waals surface area (Å²) in [4.78, 5) is 4.06. The maximum atomic E-state index is 11.1. The van der Waals surface area contributed by atoms with E-state index in [1.807, 2.05) is 12.1 Å². The highest BCUT2D eigenvalue weighted by molar-refractivity contribution is 7.89. The molecule has 0 unspecified atom stereocenters. The minimum atomic E-state index is -3.00. The quantitative estimate of drug-likeness (QED) is 0.775. The number of rotatable bonds is 2. The highest BCUT2D eigenvalue weighted by atomic mass is 32.2. The first kappa shape index (κ1) is 12.2. The molecule has 4 heteroatoms. The Hall–Kier alpha value is -0.900. The van der Waals surface area contributed by atoms with E-state index in [4.69, 9.17) is 0 Å². The molecule has 15 heavy (non-hydrogen) atoms. The van der Waals surface area contributed by atoms with Crippen molar-refractivity contribution in [3.8, 4) is 0 Å². The fraction of sp³-hybridized carbons (Fsp3) is 0.545. The molecule has 0 atom stereocenters. The van der Waals surface area contributed by atoms with Crippen LogP contribution in [-0.2, 0) is 21.0 Å². The Morgan fingerprint density at radius 2 is 1.93 bits per heavy atom. The Balaban J connectivity index is 3.04. The monoisotopic (exact) mass is 227 g/mol. The summed E-state index contributed by atoms with van der Waals surface area (Å²) in [5, 5.41) is 0. The molecule has 0 fully saturated rings. The van der Waals surface area contributed by atoms with Crippen LogP contribution in [0.4, 0.5) is 0 Å². The highest BCUT2D eigenvalue weighted by Gasteiger charge is 2.15. The molecule has 0 amide bonds. The van der Waals surface area contributed by atoms with Gasteiger partial charge in [0.05, 0.1) is 11.4 Å². The van der Waals surface area contributed by atoms with Crippen molar-refractivity contribution < 1.29 is 8.42 Å². The van der Waals surface area contributed by atoms with E-state index in [0.717, 1.165) is 5.56 Å². The Morgan fingerprint density at radius 3 is 2.40 bits per heavy atom. The van der Waals surface area contributed by atoms with Crippen molar-refractivity contribution in [1.82, 2.24) is 4.98 Å². The highest BCUT2D eigenvalue weighted by Crippen LogP contribution is 2.22. The second kappa shape index (κ2) is 3.93. The van der Waals surface area contributed by atoms with Gasteiger partial charge in [-0.15, -0.1) is 0 Å². The van der Waals surface area contributed by atoms with Gasteiger partial charge in [-0.05, 0) is 23.1 Å². The molecule has 0 spiro atoms. The average Bonchev–Trinajstić information content (AvgIpc) is 1.99. The van der Waals surface area contributed by atoms with Crippen molar-refractivity contribution in [2.45, 2.75) is 31.9 Å². The first-order valence-electron chi connectivity index (χ1n) is 4.81. The largest absolute Gasteiger partial charge is 0.260 e. The van der Waals surface area contributed by atoms with Gasteiger partial charge in [-0.2, -0.15) is 0 Å². The summed E-state index contributed by atoms with van der Waals surface area (Å²) in [6.07, 6.45) is 2.89. The lowest BCUT2D eigenvalue weighted by Crippen LogP contribution is -2.12. The van der Waals surface area contributed by atoms with Crippen LogP contribution in [0.15, 0.2) is 18.3 Å². The number of sulfone groups is 1. The van der Waals surface area contributed by atoms with E-state index < -0.39 is 9.84 Å². The molecule has 0 bridgehead atoms. The molecule has 0 N–H and O–H groups in total. The first-order valence-corrected chi connectivity index (χ1v) is 6.88. The lowest BCUT2D eigenvalue weighted by Gasteiger charge is -2.19. The number of hydrogen-bond acceptors (Lipinski definition) is 3. The smallest absolute Gasteiger partial charge is 0.153 e. The Morgan fingerprint density at radius 1 is 1.33 bits per heavy atom. The maximum absolute atomic E-state index is 11.1. The molecule has 84 valence electrons. The molecule has 0 saturated heterocycles. The van der Waals surface area contributed by atoms with E-state index in [1.165, 1.54) is 6.26 Å². The van der Waals surface area contributed by atoms with Crippen molar-refractivity contribution in [3.05, 3.63) is 29.6 Å². The van der Waals surface area contributed by atoms with Gasteiger partial charge in [0.1, 0.15) is 0 Å². The minimum absolute atomic E-state index is 0.0108. The van der Waals surface area contributed by atoms with Crippen molar-refractivity contribution in [3.63, 3.8) is 0 Å². The van der Waals surface area contributed by atoms with E-state index in [0.29, 0.717) is 5.69 Å². The fourth-order valence-electron chi connectivity index (χ4n) is 1.29. The topological polar surface area (TPSA) is 47.0 Å². The average molecular weight is 227 g/mol. The molecular formula is C11H17NO2S. The molecule has 0 aliphatic rings. The summed E-state index contributed by atoms with van der Waals surface area (Å²) in [5.41, 5.74) is 1.75. The Kier molecular flexibility index (Phi) is 3.19. The first-order chi connectivity index (χ1) is 6.68. The van der Waals surface area contributed by atoms with Crippen LogP contribution >= 0.6 is 0 Å². The summed E-state index contributed by atoms with van der Waals surface area (Å²) < 4.78 is 22.2. The predicted octanol–water partition coefficient (Wildman–Crippen LogP) is 1.92. The van der Waals surface area contributed by atoms with Crippen LogP contribution < -0.4 is 0 Å². The third-order valence-corrected chi connectivity index (χ3v) is 2.91. The van der Waals surface area contributed by atoms with Crippen molar-refractivity contribution in [2.24, 2.45) is 0 Å². The second-order valence-electron chi connectivity index (χ2n) is 4.86. The number of nitrogens with zero attached hydrogens (tertiary/aromatic N) is 1. The number of hydrogen-bond donors (Lipinski definition) is 0. The molecule has 1 aromatic heterocycles. The van der Waals surface area contributed by atoms with Crippen LogP contribution in [0.2, 0.25) is 0 Å². The van der Waals surface area contributed by atoms with Gasteiger partial charge in [-0.1, -0.05) is 20.8 Å². The van der Waals surface area contributed by atoms with E-state index in [2.05, 4.69) is 25.8 Å². The van der Waals surface area contributed by atoms with Gasteiger partial charge in [0.25, 0.3) is 0 Å². The molecule has 1 aromatic rings. The standard InChI is InChI=1S/C11H17NO2S/c1-11(2,3)9-5-6-12-10(7-9)8-15(4,13)14/h5-7H,8H2,1-4H3. The van der Waals surface area contributed by atoms with Crippen LogP contribution in [-0.4, -0.2) is 19.7 Å². The summed E-state index contributed by atoms with van der Waals surface area (Å²) in [6.45, 7) is 6.27. The molecule has 1 heterocycles. The number of pyridine rings is 1. The van der Waals surface area contributed by atoms with Gasteiger partial charge >= 0.3 is 0 Å². The lowest BCUT2D eigenvalue weighted by atomic mass is 9.87. The van der Waals surface area contributed by atoms with E-state index in [9.17, 15) is 8.42 Å². The third-order valence-electron chi connectivity index (χ3n) is 2.09. The summed E-state index contributed by atoms with van der Waals surface area (Å²) in [5.74, 6) is 0.0108. The van der Waals surface area contributed by atoms with Crippen LogP contribution in [0.5, 0.6) is 0 Å².